The predicted octanol–water partition coefficient (Wildman–Crippen LogP) is 9.89. The number of rotatable bonds is 6. The van der Waals surface area contributed by atoms with E-state index in [1.807, 2.05) is 66.7 Å². The predicted molar refractivity (Wildman–Crippen MR) is 222 cm³/mol. The molecule has 8 aromatic carbocycles. The molecule has 10 rings (SSSR count). The van der Waals surface area contributed by atoms with Crippen molar-refractivity contribution in [2.75, 3.05) is 5.32 Å². The SMILES string of the molecule is O=C1c2ccccc2C(=O)c2c(-c3ccc(NC(=O)c4cccc5ccccc45)c4c3C(=O)c3ccccc3C4=O)ccc(CC(=O)c3cccc4ccccc34)c21. The van der Waals surface area contributed by atoms with Gasteiger partial charge < -0.3 is 5.32 Å². The highest BCUT2D eigenvalue weighted by Gasteiger charge is 2.39. The number of fused-ring (bicyclic) bond motifs is 6. The Morgan fingerprint density at radius 2 is 0.810 bits per heavy atom. The van der Waals surface area contributed by atoms with Crippen LogP contribution in [0.4, 0.5) is 5.69 Å². The number of hydrogen-bond donors (Lipinski definition) is 1. The van der Waals surface area contributed by atoms with E-state index in [0.29, 0.717) is 16.7 Å². The fourth-order valence-electron chi connectivity index (χ4n) is 8.56. The van der Waals surface area contributed by atoms with Gasteiger partial charge in [0.1, 0.15) is 0 Å². The monoisotopic (exact) mass is 751 g/mol. The zero-order valence-electron chi connectivity index (χ0n) is 30.7. The highest BCUT2D eigenvalue weighted by molar-refractivity contribution is 6.35. The van der Waals surface area contributed by atoms with Crippen LogP contribution in [0.1, 0.15) is 90.0 Å². The molecule has 0 saturated carbocycles. The summed E-state index contributed by atoms with van der Waals surface area (Å²) in [6.07, 6.45) is -0.167. The first-order valence-electron chi connectivity index (χ1n) is 18.8. The molecule has 0 radical (unpaired) electrons. The standard InChI is InChI=1S/C51H29NO6/c53-42(33-21-9-13-28-11-1-3-15-31(28)33)27-30-23-24-34(44-43(30)47(54)36-17-5-6-18-37(36)48(44)55)35-25-26-41(46-45(35)49(56)38-19-7-8-20-39(38)50(46)57)52-51(58)40-22-10-14-29-12-2-4-16-32(29)40/h1-26H,27H2,(H,52,58). The third-order valence-corrected chi connectivity index (χ3v) is 11.3. The molecule has 8 aromatic rings. The minimum absolute atomic E-state index is 0.000286. The van der Waals surface area contributed by atoms with Crippen molar-refractivity contribution in [2.24, 2.45) is 0 Å². The molecule has 274 valence electrons. The van der Waals surface area contributed by atoms with Gasteiger partial charge in [0.15, 0.2) is 28.9 Å². The van der Waals surface area contributed by atoms with Crippen molar-refractivity contribution in [3.8, 4) is 11.1 Å². The molecule has 1 N–H and O–H groups in total. The van der Waals surface area contributed by atoms with Crippen LogP contribution < -0.4 is 5.32 Å². The van der Waals surface area contributed by atoms with Crippen LogP contribution in [-0.4, -0.2) is 34.8 Å². The number of carbonyl (C=O) groups is 6. The Balaban J connectivity index is 1.16. The van der Waals surface area contributed by atoms with Crippen LogP contribution in [0.2, 0.25) is 0 Å². The van der Waals surface area contributed by atoms with Crippen LogP contribution in [0.15, 0.2) is 158 Å². The number of ketones is 5. The molecule has 0 aromatic heterocycles. The average molecular weight is 752 g/mol. The van der Waals surface area contributed by atoms with Crippen molar-refractivity contribution in [1.82, 2.24) is 0 Å². The molecule has 2 aliphatic rings. The molecular weight excluding hydrogens is 723 g/mol. The molecule has 0 spiro atoms. The van der Waals surface area contributed by atoms with Gasteiger partial charge in [0.25, 0.3) is 5.91 Å². The van der Waals surface area contributed by atoms with Gasteiger partial charge in [-0.05, 0) is 50.4 Å². The second-order valence-corrected chi connectivity index (χ2v) is 14.4. The summed E-state index contributed by atoms with van der Waals surface area (Å²) in [5, 5.41) is 6.17. The topological polar surface area (TPSA) is 114 Å². The van der Waals surface area contributed by atoms with Crippen molar-refractivity contribution in [3.05, 3.63) is 219 Å². The molecule has 0 heterocycles. The van der Waals surface area contributed by atoms with E-state index in [0.717, 1.165) is 21.5 Å². The van der Waals surface area contributed by atoms with E-state index in [4.69, 9.17) is 0 Å². The highest BCUT2D eigenvalue weighted by Crippen LogP contribution is 2.43. The Morgan fingerprint density at radius 3 is 1.40 bits per heavy atom. The Kier molecular flexibility index (Phi) is 7.98. The second-order valence-electron chi connectivity index (χ2n) is 14.4. The van der Waals surface area contributed by atoms with Gasteiger partial charge in [0.05, 0.1) is 11.3 Å². The molecule has 2 aliphatic carbocycles. The van der Waals surface area contributed by atoms with E-state index < -0.39 is 29.0 Å². The summed E-state index contributed by atoms with van der Waals surface area (Å²) in [5.41, 5.74) is 2.74. The number of benzene rings is 8. The van der Waals surface area contributed by atoms with Gasteiger partial charge in [-0.25, -0.2) is 0 Å². The van der Waals surface area contributed by atoms with Gasteiger partial charge in [0.2, 0.25) is 0 Å². The largest absolute Gasteiger partial charge is 0.321 e. The molecule has 0 fully saturated rings. The Labute approximate surface area is 331 Å². The Morgan fingerprint density at radius 1 is 0.379 bits per heavy atom. The third-order valence-electron chi connectivity index (χ3n) is 11.3. The fraction of sp³-hybridized carbons (Fsp3) is 0.0196. The van der Waals surface area contributed by atoms with Crippen LogP contribution in [0.3, 0.4) is 0 Å². The lowest BCUT2D eigenvalue weighted by molar-refractivity contribution is 0.0972. The summed E-state index contributed by atoms with van der Waals surface area (Å²) in [5.74, 6) is -2.52. The lowest BCUT2D eigenvalue weighted by Crippen LogP contribution is -2.26. The normalized spacial score (nSPS) is 12.8. The number of nitrogens with one attached hydrogen (secondary N) is 1. The van der Waals surface area contributed by atoms with Crippen molar-refractivity contribution in [1.29, 1.82) is 0 Å². The molecule has 0 saturated heterocycles. The number of carbonyl (C=O) groups excluding carboxylic acids is 6. The maximum absolute atomic E-state index is 14.7. The molecule has 0 bridgehead atoms. The first-order chi connectivity index (χ1) is 28.3. The van der Waals surface area contributed by atoms with Crippen LogP contribution in [-0.2, 0) is 6.42 Å². The van der Waals surface area contributed by atoms with Gasteiger partial charge >= 0.3 is 0 Å². The fourth-order valence-corrected chi connectivity index (χ4v) is 8.56. The van der Waals surface area contributed by atoms with Crippen molar-refractivity contribution < 1.29 is 28.8 Å². The highest BCUT2D eigenvalue weighted by atomic mass is 16.2. The number of amides is 1. The maximum atomic E-state index is 14.7. The quantitative estimate of drug-likeness (QED) is 0.169. The molecule has 58 heavy (non-hydrogen) atoms. The maximum Gasteiger partial charge on any atom is 0.256 e. The Bertz CT molecular complexity index is 2970. The van der Waals surface area contributed by atoms with E-state index in [-0.39, 0.29) is 73.5 Å². The van der Waals surface area contributed by atoms with Crippen molar-refractivity contribution in [3.63, 3.8) is 0 Å². The van der Waals surface area contributed by atoms with Gasteiger partial charge in [-0.2, -0.15) is 0 Å². The van der Waals surface area contributed by atoms with Crippen LogP contribution in [0.25, 0.3) is 32.7 Å². The van der Waals surface area contributed by atoms with Gasteiger partial charge in [-0.1, -0.05) is 146 Å². The molecule has 1 amide bonds. The first kappa shape index (κ1) is 34.6. The summed E-state index contributed by atoms with van der Waals surface area (Å²) in [6.45, 7) is 0. The number of Topliss-reactive ketones (excluding diaryl/α,β-unsaturated/α-hetero) is 1. The van der Waals surface area contributed by atoms with Gasteiger partial charge in [0, 0.05) is 56.5 Å². The molecule has 0 unspecified atom stereocenters. The van der Waals surface area contributed by atoms with E-state index in [1.165, 1.54) is 0 Å². The summed E-state index contributed by atoms with van der Waals surface area (Å²) in [6, 6.07) is 45.4. The number of hydrogen-bond acceptors (Lipinski definition) is 6. The summed E-state index contributed by atoms with van der Waals surface area (Å²) >= 11 is 0. The van der Waals surface area contributed by atoms with Gasteiger partial charge in [-0.3, -0.25) is 28.8 Å². The van der Waals surface area contributed by atoms with E-state index in [1.54, 1.807) is 91.0 Å². The lowest BCUT2D eigenvalue weighted by Gasteiger charge is -2.26. The second kappa shape index (κ2) is 13.4. The third kappa shape index (κ3) is 5.28. The lowest BCUT2D eigenvalue weighted by atomic mass is 9.74. The molecule has 0 atom stereocenters. The van der Waals surface area contributed by atoms with Crippen LogP contribution >= 0.6 is 0 Å². The van der Waals surface area contributed by atoms with E-state index in [9.17, 15) is 28.8 Å². The molecule has 7 heteroatoms. The average Bonchev–Trinajstić information content (AvgIpc) is 3.26. The van der Waals surface area contributed by atoms with Crippen molar-refractivity contribution >= 4 is 62.1 Å². The van der Waals surface area contributed by atoms with Gasteiger partial charge in [-0.15, -0.1) is 0 Å². The summed E-state index contributed by atoms with van der Waals surface area (Å²) in [7, 11) is 0. The molecular formula is C51H29NO6. The smallest absolute Gasteiger partial charge is 0.256 e. The van der Waals surface area contributed by atoms with E-state index >= 15 is 0 Å². The minimum Gasteiger partial charge on any atom is -0.321 e. The zero-order valence-corrected chi connectivity index (χ0v) is 30.7. The minimum atomic E-state index is -0.473. The van der Waals surface area contributed by atoms with Crippen molar-refractivity contribution in [2.45, 2.75) is 6.42 Å². The summed E-state index contributed by atoms with van der Waals surface area (Å²) in [4.78, 5) is 86.4. The zero-order chi connectivity index (χ0) is 39.7. The Hall–Kier alpha value is -7.90. The first-order valence-corrected chi connectivity index (χ1v) is 18.8. The van der Waals surface area contributed by atoms with Crippen LogP contribution in [0, 0.1) is 0 Å². The summed E-state index contributed by atoms with van der Waals surface area (Å²) < 4.78 is 0. The molecule has 0 aliphatic heterocycles. The molecule has 7 nitrogen and oxygen atoms in total. The van der Waals surface area contributed by atoms with E-state index in [2.05, 4.69) is 5.32 Å². The number of anilines is 1. The van der Waals surface area contributed by atoms with Crippen LogP contribution in [0.5, 0.6) is 0 Å².